The van der Waals surface area contributed by atoms with Crippen molar-refractivity contribution in [3.8, 4) is 0 Å². The molecule has 0 aliphatic carbocycles. The molecule has 1 aromatic rings. The van der Waals surface area contributed by atoms with Crippen LogP contribution in [0.1, 0.15) is 78.2 Å². The van der Waals surface area contributed by atoms with Crippen molar-refractivity contribution in [3.63, 3.8) is 0 Å². The molecule has 8 amide bonds. The van der Waals surface area contributed by atoms with Gasteiger partial charge in [0.15, 0.2) is 0 Å². The van der Waals surface area contributed by atoms with Gasteiger partial charge in [0.25, 0.3) is 0 Å². The normalized spacial score (nSPS) is 14.9. The molecule has 0 aliphatic rings. The van der Waals surface area contributed by atoms with Crippen LogP contribution in [0.4, 0.5) is 0 Å². The molecule has 0 saturated carbocycles. The zero-order valence-corrected chi connectivity index (χ0v) is 31.1. The van der Waals surface area contributed by atoms with Crippen molar-refractivity contribution in [2.75, 3.05) is 0 Å². The van der Waals surface area contributed by atoms with E-state index in [4.69, 9.17) is 22.9 Å². The van der Waals surface area contributed by atoms with Crippen molar-refractivity contribution in [3.05, 3.63) is 35.9 Å². The molecule has 19 heteroatoms. The molecule has 0 fully saturated rings. The third-order valence-electron chi connectivity index (χ3n) is 8.42. The van der Waals surface area contributed by atoms with Crippen LogP contribution in [0, 0.1) is 11.8 Å². The fourth-order valence-electron chi connectivity index (χ4n) is 5.19. The first kappa shape index (κ1) is 46.4. The second-order valence-electron chi connectivity index (χ2n) is 13.6. The number of nitrogens with two attached hydrogens (primary N) is 4. The minimum Gasteiger partial charge on any atom is -0.480 e. The topological polar surface area (TPSA) is 338 Å². The highest BCUT2D eigenvalue weighted by atomic mass is 16.4. The highest BCUT2D eigenvalue weighted by Crippen LogP contribution is 2.13. The monoisotopic (exact) mass is 761 g/mol. The van der Waals surface area contributed by atoms with Crippen molar-refractivity contribution in [1.82, 2.24) is 26.6 Å². The lowest BCUT2D eigenvalue weighted by Gasteiger charge is -2.29. The maximum atomic E-state index is 14.0. The predicted octanol–water partition coefficient (Wildman–Crippen LogP) is -2.44. The summed E-state index contributed by atoms with van der Waals surface area (Å²) in [5, 5.41) is 22.0. The first-order valence-corrected chi connectivity index (χ1v) is 17.6. The maximum Gasteiger partial charge on any atom is 0.326 e. The Kier molecular flexibility index (Phi) is 19.9. The number of carbonyl (C=O) groups is 9. The number of primary amides is 3. The molecule has 0 spiro atoms. The van der Waals surface area contributed by atoms with Crippen molar-refractivity contribution >= 4 is 53.2 Å². The zero-order chi connectivity index (χ0) is 41.1. The molecular weight excluding hydrogens is 706 g/mol. The van der Waals surface area contributed by atoms with Gasteiger partial charge in [0.1, 0.15) is 30.2 Å². The summed E-state index contributed by atoms with van der Waals surface area (Å²) in [6, 6.07) is 0.462. The van der Waals surface area contributed by atoms with Gasteiger partial charge in [-0.3, -0.25) is 38.4 Å². The molecule has 7 atom stereocenters. The van der Waals surface area contributed by atoms with Crippen LogP contribution in [0.3, 0.4) is 0 Å². The molecule has 0 heterocycles. The van der Waals surface area contributed by atoms with E-state index in [1.165, 1.54) is 0 Å². The standard InChI is InChI=1S/C35H55N9O10/c1-5-19(4)29(34(52)43-25(35(53)54)17-28(39)47)44-33(51)23(15-18(2)3)41-32(50)24(16-20-9-7-6-8-10-20)42-31(49)22(12-14-27(38)46)40-30(48)21(36)11-13-26(37)45/h6-10,18-19,21-25,29H,5,11-17,36H2,1-4H3,(H2,37,45)(H2,38,46)(H2,39,47)(H,40,48)(H,41,50)(H,42,49)(H,43,52)(H,44,51)(H,53,54)/t19-,21-,22-,23-,24-,25-,29-/m0/s1. The smallest absolute Gasteiger partial charge is 0.326 e. The van der Waals surface area contributed by atoms with Gasteiger partial charge in [-0.05, 0) is 36.7 Å². The zero-order valence-electron chi connectivity index (χ0n) is 31.1. The van der Waals surface area contributed by atoms with E-state index >= 15 is 0 Å². The molecule has 0 radical (unpaired) electrons. The molecule has 19 nitrogen and oxygen atoms in total. The Morgan fingerprint density at radius 3 is 1.65 bits per heavy atom. The van der Waals surface area contributed by atoms with Crippen LogP contribution in [-0.2, 0) is 49.6 Å². The Hall–Kier alpha value is -5.59. The summed E-state index contributed by atoms with van der Waals surface area (Å²) in [5.41, 5.74) is 22.1. The van der Waals surface area contributed by atoms with Crippen LogP contribution < -0.4 is 49.5 Å². The van der Waals surface area contributed by atoms with Gasteiger partial charge in [-0.15, -0.1) is 0 Å². The number of hydrogen-bond donors (Lipinski definition) is 10. The van der Waals surface area contributed by atoms with Crippen molar-refractivity contribution in [1.29, 1.82) is 0 Å². The highest BCUT2D eigenvalue weighted by Gasteiger charge is 2.35. The maximum absolute atomic E-state index is 14.0. The molecule has 1 aromatic carbocycles. The van der Waals surface area contributed by atoms with Gasteiger partial charge in [-0.25, -0.2) is 4.79 Å². The van der Waals surface area contributed by atoms with Gasteiger partial charge in [-0.2, -0.15) is 0 Å². The number of carbonyl (C=O) groups excluding carboxylic acids is 8. The number of nitrogens with one attached hydrogen (secondary N) is 5. The molecular formula is C35H55N9O10. The van der Waals surface area contributed by atoms with Gasteiger partial charge >= 0.3 is 5.97 Å². The van der Waals surface area contributed by atoms with E-state index in [0.717, 1.165) is 0 Å². The molecule has 300 valence electrons. The quantitative estimate of drug-likeness (QED) is 0.0499. The first-order chi connectivity index (χ1) is 25.2. The molecule has 1 rings (SSSR count). The summed E-state index contributed by atoms with van der Waals surface area (Å²) >= 11 is 0. The minimum atomic E-state index is -1.64. The van der Waals surface area contributed by atoms with E-state index in [1.54, 1.807) is 58.0 Å². The van der Waals surface area contributed by atoms with E-state index < -0.39 is 102 Å². The van der Waals surface area contributed by atoms with Crippen LogP contribution in [0.5, 0.6) is 0 Å². The van der Waals surface area contributed by atoms with Crippen molar-refractivity contribution in [2.45, 2.75) is 115 Å². The largest absolute Gasteiger partial charge is 0.480 e. The fraction of sp³-hybridized carbons (Fsp3) is 0.571. The summed E-state index contributed by atoms with van der Waals surface area (Å²) in [7, 11) is 0. The number of carboxylic acids is 1. The van der Waals surface area contributed by atoms with E-state index in [1.807, 2.05) is 0 Å². The second kappa shape index (κ2) is 23.2. The Bertz CT molecular complexity index is 1490. The summed E-state index contributed by atoms with van der Waals surface area (Å²) in [5.74, 6) is -8.76. The Morgan fingerprint density at radius 1 is 0.630 bits per heavy atom. The van der Waals surface area contributed by atoms with Crippen LogP contribution in [0.25, 0.3) is 0 Å². The molecule has 0 unspecified atom stereocenters. The number of rotatable bonds is 25. The summed E-state index contributed by atoms with van der Waals surface area (Å²) in [6.45, 7) is 6.97. The number of aliphatic carboxylic acids is 1. The van der Waals surface area contributed by atoms with E-state index in [9.17, 15) is 48.3 Å². The summed E-state index contributed by atoms with van der Waals surface area (Å²) in [4.78, 5) is 113. The van der Waals surface area contributed by atoms with E-state index in [2.05, 4.69) is 26.6 Å². The average molecular weight is 762 g/mol. The van der Waals surface area contributed by atoms with Gasteiger partial charge in [0, 0.05) is 19.3 Å². The number of benzene rings is 1. The summed E-state index contributed by atoms with van der Waals surface area (Å²) < 4.78 is 0. The first-order valence-electron chi connectivity index (χ1n) is 17.6. The van der Waals surface area contributed by atoms with Crippen LogP contribution in [0.2, 0.25) is 0 Å². The lowest BCUT2D eigenvalue weighted by molar-refractivity contribution is -0.144. The Morgan fingerprint density at radius 2 is 1.13 bits per heavy atom. The van der Waals surface area contributed by atoms with Gasteiger partial charge < -0.3 is 54.6 Å². The number of carboxylic acid groups (broad SMARTS) is 1. The molecule has 14 N–H and O–H groups in total. The van der Waals surface area contributed by atoms with Crippen molar-refractivity contribution in [2.24, 2.45) is 34.8 Å². The Labute approximate surface area is 313 Å². The van der Waals surface area contributed by atoms with Gasteiger partial charge in [0.05, 0.1) is 12.5 Å². The molecule has 0 aromatic heterocycles. The highest BCUT2D eigenvalue weighted by molar-refractivity contribution is 5.97. The second-order valence-corrected chi connectivity index (χ2v) is 13.6. The lowest BCUT2D eigenvalue weighted by atomic mass is 9.96. The minimum absolute atomic E-state index is 0.0720. The Balaban J connectivity index is 3.40. The SMILES string of the molecule is CC[C@H](C)[C@H](NC(=O)[C@H](CC(C)C)NC(=O)[C@H](Cc1ccccc1)NC(=O)[C@H](CCC(N)=O)NC(=O)[C@@H](N)CCC(N)=O)C(=O)N[C@@H](CC(N)=O)C(=O)O. The van der Waals surface area contributed by atoms with Crippen molar-refractivity contribution < 1.29 is 48.3 Å². The number of hydrogen-bond acceptors (Lipinski definition) is 10. The van der Waals surface area contributed by atoms with Crippen LogP contribution in [-0.4, -0.2) is 94.6 Å². The third-order valence-corrected chi connectivity index (χ3v) is 8.42. The van der Waals surface area contributed by atoms with Crippen LogP contribution in [0.15, 0.2) is 30.3 Å². The number of amides is 8. The molecule has 0 saturated heterocycles. The lowest BCUT2D eigenvalue weighted by Crippen LogP contribution is -2.60. The molecule has 54 heavy (non-hydrogen) atoms. The van der Waals surface area contributed by atoms with E-state index in [-0.39, 0.29) is 44.4 Å². The van der Waals surface area contributed by atoms with Gasteiger partial charge in [-0.1, -0.05) is 64.4 Å². The van der Waals surface area contributed by atoms with E-state index in [0.29, 0.717) is 12.0 Å². The molecule has 0 bridgehead atoms. The van der Waals surface area contributed by atoms with Crippen LogP contribution >= 0.6 is 0 Å². The molecule has 0 aliphatic heterocycles. The third kappa shape index (κ3) is 17.3. The van der Waals surface area contributed by atoms with Gasteiger partial charge in [0.2, 0.25) is 47.3 Å². The summed E-state index contributed by atoms with van der Waals surface area (Å²) in [6.07, 6.45) is -1.18. The predicted molar refractivity (Wildman–Crippen MR) is 195 cm³/mol. The fourth-order valence-corrected chi connectivity index (χ4v) is 5.19. The average Bonchev–Trinajstić information content (AvgIpc) is 3.09.